The Balaban J connectivity index is 3.71. The van der Waals surface area contributed by atoms with Gasteiger partial charge in [-0.25, -0.2) is 0 Å². The molecular formula is C52H82O5. The maximum absolute atomic E-state index is 12.2. The van der Waals surface area contributed by atoms with Crippen molar-refractivity contribution in [2.45, 2.75) is 180 Å². The fraction of sp³-hybridized carbons (Fsp3) is 0.577. The molecule has 0 bridgehead atoms. The van der Waals surface area contributed by atoms with Crippen molar-refractivity contribution in [2.24, 2.45) is 0 Å². The molecule has 0 aromatic rings. The summed E-state index contributed by atoms with van der Waals surface area (Å²) < 4.78 is 10.6. The highest BCUT2D eigenvalue weighted by Crippen LogP contribution is 2.11. The van der Waals surface area contributed by atoms with Crippen LogP contribution < -0.4 is 0 Å². The number of esters is 2. The van der Waals surface area contributed by atoms with E-state index in [9.17, 15) is 14.7 Å². The van der Waals surface area contributed by atoms with Crippen LogP contribution in [0.15, 0.2) is 122 Å². The standard InChI is InChI=1S/C52H82O5/c1-3-5-7-9-11-13-15-17-18-19-20-21-22-23-24-25-26-27-28-29-30-31-32-33-34-35-37-39-41-43-45-47-52(55)57-50(48-53)49-56-51(54)46-44-42-40-38-36-16-14-12-10-8-6-4-2/h5,7,11-14,17-18,20-21,23-24,26-27,29-30,32-33,35,37,50,53H,3-4,6,8-10,15-16,19,22,25,28,31,34,36,38-49H2,1-2H3/b7-5-,13-11-,14-12-,18-17-,21-20-,24-23-,27-26-,30-29-,33-32-,37-35-. The lowest BCUT2D eigenvalue weighted by molar-refractivity contribution is -0.161. The molecule has 1 unspecified atom stereocenters. The van der Waals surface area contributed by atoms with E-state index in [1.807, 2.05) is 0 Å². The summed E-state index contributed by atoms with van der Waals surface area (Å²) in [6.07, 6.45) is 68.5. The molecule has 5 heteroatoms. The molecule has 0 rings (SSSR count). The lowest BCUT2D eigenvalue weighted by atomic mass is 10.1. The summed E-state index contributed by atoms with van der Waals surface area (Å²) in [6.45, 7) is 3.94. The zero-order valence-corrected chi connectivity index (χ0v) is 36.3. The third-order valence-corrected chi connectivity index (χ3v) is 8.99. The summed E-state index contributed by atoms with van der Waals surface area (Å²) in [6, 6.07) is 0. The van der Waals surface area contributed by atoms with Gasteiger partial charge in [-0.3, -0.25) is 9.59 Å². The van der Waals surface area contributed by atoms with E-state index < -0.39 is 6.10 Å². The molecule has 1 N–H and O–H groups in total. The van der Waals surface area contributed by atoms with Gasteiger partial charge in [0.1, 0.15) is 6.61 Å². The molecule has 0 fully saturated rings. The average Bonchev–Trinajstić information content (AvgIpc) is 3.21. The van der Waals surface area contributed by atoms with E-state index in [2.05, 4.69) is 135 Å². The van der Waals surface area contributed by atoms with Crippen molar-refractivity contribution in [1.29, 1.82) is 0 Å². The first-order valence-electron chi connectivity index (χ1n) is 22.6. The maximum atomic E-state index is 12.2. The van der Waals surface area contributed by atoms with Gasteiger partial charge in [0.05, 0.1) is 6.61 Å². The van der Waals surface area contributed by atoms with E-state index in [1.54, 1.807) is 0 Å². The number of allylic oxidation sites excluding steroid dienone is 20. The summed E-state index contributed by atoms with van der Waals surface area (Å²) >= 11 is 0. The second-order valence-electron chi connectivity index (χ2n) is 14.4. The number of rotatable bonds is 39. The van der Waals surface area contributed by atoms with Crippen LogP contribution in [0.2, 0.25) is 0 Å². The molecule has 320 valence electrons. The van der Waals surface area contributed by atoms with Crippen molar-refractivity contribution < 1.29 is 24.2 Å². The second kappa shape index (κ2) is 46.7. The first-order chi connectivity index (χ1) is 28.1. The number of hydrogen-bond donors (Lipinski definition) is 1. The number of unbranched alkanes of at least 4 members (excludes halogenated alkanes) is 11. The van der Waals surface area contributed by atoms with Crippen molar-refractivity contribution in [3.8, 4) is 0 Å². The van der Waals surface area contributed by atoms with E-state index in [0.717, 1.165) is 109 Å². The SMILES string of the molecule is CC/C=C\C/C=C\C/C=C\C/C=C\C/C=C\C/C=C\C/C=C\C/C=C\C/C=C\CCCCCC(=O)OC(CO)COC(=O)CCCCCCC/C=C\CCCCC. The molecule has 0 aromatic carbocycles. The number of carbonyl (C=O) groups excluding carboxylic acids is 2. The topological polar surface area (TPSA) is 72.8 Å². The Hall–Kier alpha value is -3.70. The van der Waals surface area contributed by atoms with Crippen molar-refractivity contribution in [3.05, 3.63) is 122 Å². The summed E-state index contributed by atoms with van der Waals surface area (Å²) in [5, 5.41) is 9.57. The number of hydrogen-bond acceptors (Lipinski definition) is 5. The number of carbonyl (C=O) groups is 2. The summed E-state index contributed by atoms with van der Waals surface area (Å²) in [4.78, 5) is 24.3. The monoisotopic (exact) mass is 787 g/mol. The molecule has 0 aliphatic heterocycles. The van der Waals surface area contributed by atoms with Crippen LogP contribution in [0.25, 0.3) is 0 Å². The largest absolute Gasteiger partial charge is 0.462 e. The van der Waals surface area contributed by atoms with Gasteiger partial charge < -0.3 is 14.6 Å². The minimum atomic E-state index is -0.800. The molecule has 0 heterocycles. The minimum Gasteiger partial charge on any atom is -0.462 e. The van der Waals surface area contributed by atoms with Crippen molar-refractivity contribution in [1.82, 2.24) is 0 Å². The third kappa shape index (κ3) is 44.9. The normalized spacial score (nSPS) is 13.4. The van der Waals surface area contributed by atoms with Crippen LogP contribution >= 0.6 is 0 Å². The number of aliphatic hydroxyl groups is 1. The van der Waals surface area contributed by atoms with Crippen molar-refractivity contribution in [2.75, 3.05) is 13.2 Å². The first kappa shape index (κ1) is 53.3. The fourth-order valence-electron chi connectivity index (χ4n) is 5.60. The van der Waals surface area contributed by atoms with Crippen LogP contribution in [0.3, 0.4) is 0 Å². The molecule has 0 saturated heterocycles. The van der Waals surface area contributed by atoms with Crippen LogP contribution in [0, 0.1) is 0 Å². The Morgan fingerprint density at radius 1 is 0.421 bits per heavy atom. The van der Waals surface area contributed by atoms with Crippen LogP contribution in [0.4, 0.5) is 0 Å². The lowest BCUT2D eigenvalue weighted by Crippen LogP contribution is -2.28. The molecule has 0 radical (unpaired) electrons. The van der Waals surface area contributed by atoms with Gasteiger partial charge in [0.2, 0.25) is 0 Å². The molecule has 0 aliphatic carbocycles. The molecule has 0 saturated carbocycles. The molecule has 57 heavy (non-hydrogen) atoms. The first-order valence-corrected chi connectivity index (χ1v) is 22.6. The van der Waals surface area contributed by atoms with Crippen molar-refractivity contribution in [3.63, 3.8) is 0 Å². The molecule has 0 amide bonds. The highest BCUT2D eigenvalue weighted by Gasteiger charge is 2.16. The predicted octanol–water partition coefficient (Wildman–Crippen LogP) is 14.8. The van der Waals surface area contributed by atoms with Gasteiger partial charge in [0.15, 0.2) is 6.10 Å². The Morgan fingerprint density at radius 2 is 0.754 bits per heavy atom. The Kier molecular flexibility index (Phi) is 43.7. The molecule has 5 nitrogen and oxygen atoms in total. The lowest BCUT2D eigenvalue weighted by Gasteiger charge is -2.15. The quantitative estimate of drug-likeness (QED) is 0.0382. The summed E-state index contributed by atoms with van der Waals surface area (Å²) in [5.41, 5.74) is 0. The molecule has 0 spiro atoms. The zero-order valence-electron chi connectivity index (χ0n) is 36.3. The Bertz CT molecular complexity index is 1210. The number of aliphatic hydroxyl groups excluding tert-OH is 1. The van der Waals surface area contributed by atoms with Gasteiger partial charge in [-0.15, -0.1) is 0 Å². The summed E-state index contributed by atoms with van der Waals surface area (Å²) in [5.74, 6) is -0.652. The zero-order chi connectivity index (χ0) is 41.4. The molecular weight excluding hydrogens is 705 g/mol. The van der Waals surface area contributed by atoms with Crippen LogP contribution in [0.5, 0.6) is 0 Å². The molecule has 0 aliphatic rings. The fourth-order valence-corrected chi connectivity index (χ4v) is 5.60. The minimum absolute atomic E-state index is 0.0918. The van der Waals surface area contributed by atoms with E-state index in [4.69, 9.17) is 9.47 Å². The highest BCUT2D eigenvalue weighted by molar-refractivity contribution is 5.70. The predicted molar refractivity (Wildman–Crippen MR) is 246 cm³/mol. The van der Waals surface area contributed by atoms with E-state index in [0.29, 0.717) is 12.8 Å². The Morgan fingerprint density at radius 3 is 1.18 bits per heavy atom. The van der Waals surface area contributed by atoms with Gasteiger partial charge in [-0.1, -0.05) is 174 Å². The van der Waals surface area contributed by atoms with Gasteiger partial charge in [-0.2, -0.15) is 0 Å². The smallest absolute Gasteiger partial charge is 0.306 e. The molecule has 1 atom stereocenters. The average molecular weight is 787 g/mol. The van der Waals surface area contributed by atoms with Gasteiger partial charge >= 0.3 is 11.9 Å². The van der Waals surface area contributed by atoms with Crippen LogP contribution in [-0.4, -0.2) is 36.4 Å². The summed E-state index contributed by atoms with van der Waals surface area (Å²) in [7, 11) is 0. The Labute approximate surface area is 350 Å². The van der Waals surface area contributed by atoms with Gasteiger partial charge in [-0.05, 0) is 109 Å². The van der Waals surface area contributed by atoms with Gasteiger partial charge in [0, 0.05) is 12.8 Å². The van der Waals surface area contributed by atoms with Crippen molar-refractivity contribution >= 4 is 11.9 Å². The van der Waals surface area contributed by atoms with Gasteiger partial charge in [0.25, 0.3) is 0 Å². The van der Waals surface area contributed by atoms with E-state index in [-0.39, 0.29) is 25.2 Å². The second-order valence-corrected chi connectivity index (χ2v) is 14.4. The van der Waals surface area contributed by atoms with E-state index in [1.165, 1.54) is 38.5 Å². The maximum Gasteiger partial charge on any atom is 0.306 e. The highest BCUT2D eigenvalue weighted by atomic mass is 16.6. The van der Waals surface area contributed by atoms with Crippen LogP contribution in [0.1, 0.15) is 174 Å². The third-order valence-electron chi connectivity index (χ3n) is 8.99. The van der Waals surface area contributed by atoms with E-state index >= 15 is 0 Å². The molecule has 0 aromatic heterocycles. The number of ether oxygens (including phenoxy) is 2. The van der Waals surface area contributed by atoms with Crippen LogP contribution in [-0.2, 0) is 19.1 Å².